The average Bonchev–Trinajstić information content (AvgIpc) is 2.87. The number of aromatic nitrogens is 3. The Morgan fingerprint density at radius 1 is 1.35 bits per heavy atom. The van der Waals surface area contributed by atoms with Crippen LogP contribution in [0.25, 0.3) is 5.69 Å². The molecular weight excluding hydrogens is 310 g/mol. The first-order valence-electron chi connectivity index (χ1n) is 6.96. The van der Waals surface area contributed by atoms with Crippen molar-refractivity contribution < 1.29 is 4.79 Å². The summed E-state index contributed by atoms with van der Waals surface area (Å²) in [5, 5.41) is 17.8. The van der Waals surface area contributed by atoms with Crippen LogP contribution in [0.5, 0.6) is 0 Å². The van der Waals surface area contributed by atoms with Gasteiger partial charge in [-0.15, -0.1) is 10.2 Å². The fraction of sp³-hybridized carbons (Fsp3) is 0.250. The first-order valence-corrected chi connectivity index (χ1v) is 7.94. The third kappa shape index (κ3) is 3.60. The Hall–Kier alpha value is -2.59. The number of hydrogen-bond donors (Lipinski definition) is 1. The topological polar surface area (TPSA) is 97.6 Å². The monoisotopic (exact) mass is 327 g/mol. The third-order valence-corrected chi connectivity index (χ3v) is 4.20. The number of nitrogens with zero attached hydrogens (tertiary/aromatic N) is 4. The van der Waals surface area contributed by atoms with Crippen molar-refractivity contribution in [2.45, 2.75) is 25.9 Å². The predicted molar refractivity (Wildman–Crippen MR) is 89.1 cm³/mol. The van der Waals surface area contributed by atoms with Gasteiger partial charge in [-0.1, -0.05) is 30.0 Å². The van der Waals surface area contributed by atoms with Crippen LogP contribution in [-0.2, 0) is 4.79 Å². The van der Waals surface area contributed by atoms with Crippen molar-refractivity contribution in [2.24, 2.45) is 5.73 Å². The first kappa shape index (κ1) is 16.8. The lowest BCUT2D eigenvalue weighted by atomic mass is 10.2. The molecule has 0 aliphatic heterocycles. The third-order valence-electron chi connectivity index (χ3n) is 3.27. The van der Waals surface area contributed by atoms with Gasteiger partial charge in [0.25, 0.3) is 0 Å². The number of Topliss-reactive ketones (excluding diaryl/α,β-unsaturated/α-hetero) is 1. The molecule has 0 unspecified atom stereocenters. The van der Waals surface area contributed by atoms with E-state index < -0.39 is 0 Å². The summed E-state index contributed by atoms with van der Waals surface area (Å²) in [6.07, 6.45) is 0. The van der Waals surface area contributed by atoms with Gasteiger partial charge in [0.2, 0.25) is 0 Å². The SMILES string of the molecule is C/C(N)=C(/C#N)C(=O)CSc1nnc(C)n1-c1ccccc1C. The van der Waals surface area contributed by atoms with Crippen LogP contribution in [0.15, 0.2) is 40.7 Å². The number of nitriles is 1. The Labute approximate surface area is 139 Å². The van der Waals surface area contributed by atoms with E-state index in [9.17, 15) is 4.79 Å². The molecule has 0 spiro atoms. The molecule has 0 bridgehead atoms. The number of hydrogen-bond acceptors (Lipinski definition) is 6. The standard InChI is InChI=1S/C16H17N5OS/c1-10-6-4-5-7-14(10)21-12(3)19-20-16(21)23-9-15(22)13(8-17)11(2)18/h4-7H,9,18H2,1-3H3/b13-11+. The molecule has 23 heavy (non-hydrogen) atoms. The Morgan fingerprint density at radius 2 is 2.04 bits per heavy atom. The second-order valence-electron chi connectivity index (χ2n) is 5.03. The molecule has 0 amide bonds. The van der Waals surface area contributed by atoms with Crippen LogP contribution in [0.1, 0.15) is 18.3 Å². The molecule has 7 heteroatoms. The van der Waals surface area contributed by atoms with E-state index in [4.69, 9.17) is 11.0 Å². The second-order valence-corrected chi connectivity index (χ2v) is 5.98. The van der Waals surface area contributed by atoms with Crippen molar-refractivity contribution in [3.63, 3.8) is 0 Å². The molecule has 1 heterocycles. The number of ketones is 1. The maximum atomic E-state index is 12.1. The highest BCUT2D eigenvalue weighted by Gasteiger charge is 2.17. The van der Waals surface area contributed by atoms with E-state index in [1.807, 2.05) is 48.7 Å². The van der Waals surface area contributed by atoms with Crippen LogP contribution >= 0.6 is 11.8 Å². The number of allylic oxidation sites excluding steroid dienone is 2. The summed E-state index contributed by atoms with van der Waals surface area (Å²) in [7, 11) is 0. The molecule has 0 saturated heterocycles. The molecule has 2 N–H and O–H groups in total. The summed E-state index contributed by atoms with van der Waals surface area (Å²) in [6.45, 7) is 5.40. The van der Waals surface area contributed by atoms with Crippen LogP contribution in [0.3, 0.4) is 0 Å². The van der Waals surface area contributed by atoms with Crippen LogP contribution in [0.4, 0.5) is 0 Å². The first-order chi connectivity index (χ1) is 11.0. The fourth-order valence-corrected chi connectivity index (χ4v) is 2.96. The maximum absolute atomic E-state index is 12.1. The fourth-order valence-electron chi connectivity index (χ4n) is 2.10. The molecule has 0 fully saturated rings. The highest BCUT2D eigenvalue weighted by molar-refractivity contribution is 7.99. The predicted octanol–water partition coefficient (Wildman–Crippen LogP) is 2.30. The Morgan fingerprint density at radius 3 is 2.65 bits per heavy atom. The molecule has 118 valence electrons. The van der Waals surface area contributed by atoms with E-state index in [0.29, 0.717) is 5.16 Å². The number of thioether (sulfide) groups is 1. The zero-order chi connectivity index (χ0) is 17.0. The van der Waals surface area contributed by atoms with Crippen molar-refractivity contribution in [2.75, 3.05) is 5.75 Å². The highest BCUT2D eigenvalue weighted by Crippen LogP contribution is 2.24. The molecule has 0 saturated carbocycles. The number of rotatable bonds is 5. The van der Waals surface area contributed by atoms with Crippen molar-refractivity contribution in [3.8, 4) is 11.8 Å². The summed E-state index contributed by atoms with van der Waals surface area (Å²) in [5.41, 5.74) is 7.83. The Bertz CT molecular complexity index is 812. The van der Waals surface area contributed by atoms with Gasteiger partial charge >= 0.3 is 0 Å². The summed E-state index contributed by atoms with van der Waals surface area (Å²) in [5.74, 6) is 0.511. The number of benzene rings is 1. The molecule has 0 radical (unpaired) electrons. The molecule has 0 aliphatic carbocycles. The minimum Gasteiger partial charge on any atom is -0.401 e. The van der Waals surface area contributed by atoms with Crippen molar-refractivity contribution in [3.05, 3.63) is 46.9 Å². The number of nitrogens with two attached hydrogens (primary N) is 1. The van der Waals surface area contributed by atoms with Gasteiger partial charge in [-0.25, -0.2) is 0 Å². The van der Waals surface area contributed by atoms with E-state index in [-0.39, 0.29) is 22.8 Å². The maximum Gasteiger partial charge on any atom is 0.196 e. The molecule has 6 nitrogen and oxygen atoms in total. The van der Waals surface area contributed by atoms with E-state index in [0.717, 1.165) is 17.1 Å². The van der Waals surface area contributed by atoms with Gasteiger partial charge in [-0.05, 0) is 32.4 Å². The highest BCUT2D eigenvalue weighted by atomic mass is 32.2. The van der Waals surface area contributed by atoms with Crippen molar-refractivity contribution >= 4 is 17.5 Å². The Balaban J connectivity index is 2.27. The molecule has 2 rings (SSSR count). The van der Waals surface area contributed by atoms with Gasteiger partial charge in [-0.2, -0.15) is 5.26 Å². The smallest absolute Gasteiger partial charge is 0.196 e. The zero-order valence-corrected chi connectivity index (χ0v) is 14.0. The minimum atomic E-state index is -0.311. The summed E-state index contributed by atoms with van der Waals surface area (Å²) in [6, 6.07) is 9.73. The molecule has 0 atom stereocenters. The Kier molecular flexibility index (Phi) is 5.19. The van der Waals surface area contributed by atoms with Gasteiger partial charge in [-0.3, -0.25) is 9.36 Å². The molecule has 2 aromatic rings. The quantitative estimate of drug-likeness (QED) is 0.514. The summed E-state index contributed by atoms with van der Waals surface area (Å²) in [4.78, 5) is 12.1. The van der Waals surface area contributed by atoms with Crippen LogP contribution in [0, 0.1) is 25.2 Å². The van der Waals surface area contributed by atoms with Gasteiger partial charge in [0.15, 0.2) is 10.9 Å². The zero-order valence-electron chi connectivity index (χ0n) is 13.2. The minimum absolute atomic E-state index is 0.00354. The van der Waals surface area contributed by atoms with Crippen molar-refractivity contribution in [1.82, 2.24) is 14.8 Å². The normalized spacial score (nSPS) is 11.7. The molecule has 1 aromatic heterocycles. The van der Waals surface area contributed by atoms with Gasteiger partial charge in [0, 0.05) is 5.70 Å². The average molecular weight is 327 g/mol. The van der Waals surface area contributed by atoms with Gasteiger partial charge < -0.3 is 5.73 Å². The second kappa shape index (κ2) is 7.11. The van der Waals surface area contributed by atoms with E-state index in [1.54, 1.807) is 6.92 Å². The summed E-state index contributed by atoms with van der Waals surface area (Å²) < 4.78 is 1.90. The lowest BCUT2D eigenvalue weighted by Crippen LogP contribution is -2.11. The van der Waals surface area contributed by atoms with E-state index in [1.165, 1.54) is 11.8 Å². The van der Waals surface area contributed by atoms with E-state index in [2.05, 4.69) is 10.2 Å². The van der Waals surface area contributed by atoms with Crippen molar-refractivity contribution in [1.29, 1.82) is 5.26 Å². The largest absolute Gasteiger partial charge is 0.401 e. The number of carbonyl (C=O) groups excluding carboxylic acids is 1. The number of carbonyl (C=O) groups is 1. The lowest BCUT2D eigenvalue weighted by Gasteiger charge is -2.10. The number of aryl methyl sites for hydroxylation is 2. The molecular formula is C16H17N5OS. The van der Waals surface area contributed by atoms with E-state index >= 15 is 0 Å². The van der Waals surface area contributed by atoms with Gasteiger partial charge in [0.1, 0.15) is 17.5 Å². The molecule has 1 aromatic carbocycles. The van der Waals surface area contributed by atoms with Crippen LogP contribution in [-0.4, -0.2) is 26.3 Å². The molecule has 0 aliphatic rings. The van der Waals surface area contributed by atoms with Gasteiger partial charge in [0.05, 0.1) is 11.4 Å². The van der Waals surface area contributed by atoms with Crippen LogP contribution < -0.4 is 5.73 Å². The number of para-hydroxylation sites is 1. The summed E-state index contributed by atoms with van der Waals surface area (Å²) >= 11 is 1.24. The van der Waals surface area contributed by atoms with Crippen LogP contribution in [0.2, 0.25) is 0 Å². The lowest BCUT2D eigenvalue weighted by molar-refractivity contribution is -0.112.